The van der Waals surface area contributed by atoms with Crippen molar-refractivity contribution in [3.05, 3.63) is 53.1 Å². The molecule has 0 aromatic heterocycles. The Labute approximate surface area is 140 Å². The topological polar surface area (TPSA) is 27.7 Å². The zero-order valence-corrected chi connectivity index (χ0v) is 15.1. The lowest BCUT2D eigenvalue weighted by atomic mass is 10.0. The van der Waals surface area contributed by atoms with Gasteiger partial charge in [-0.3, -0.25) is 0 Å². The average Bonchev–Trinajstić information content (AvgIpc) is 2.54. The first-order valence-electron chi connectivity index (χ1n) is 7.99. The Morgan fingerprint density at radius 1 is 0.696 bits per heavy atom. The minimum atomic E-state index is 0.701. The minimum absolute atomic E-state index is 0.701. The van der Waals surface area contributed by atoms with Gasteiger partial charge in [0, 0.05) is 0 Å². The van der Waals surface area contributed by atoms with Crippen molar-refractivity contribution in [3.8, 4) is 17.2 Å². The van der Waals surface area contributed by atoms with E-state index in [0.717, 1.165) is 23.9 Å². The Morgan fingerprint density at radius 3 is 1.57 bits per heavy atom. The number of hydrogen-bond acceptors (Lipinski definition) is 3. The summed E-state index contributed by atoms with van der Waals surface area (Å²) < 4.78 is 15.7. The van der Waals surface area contributed by atoms with Crippen LogP contribution in [-0.4, -0.2) is 20.3 Å². The fourth-order valence-corrected chi connectivity index (χ4v) is 2.08. The highest BCUT2D eigenvalue weighted by Crippen LogP contribution is 2.20. The first-order valence-corrected chi connectivity index (χ1v) is 7.99. The number of benzene rings is 2. The average molecular weight is 316 g/mol. The van der Waals surface area contributed by atoms with E-state index in [9.17, 15) is 0 Å². The third-order valence-electron chi connectivity index (χ3n) is 3.58. The Morgan fingerprint density at radius 2 is 1.13 bits per heavy atom. The molecule has 23 heavy (non-hydrogen) atoms. The van der Waals surface area contributed by atoms with Gasteiger partial charge in [-0.1, -0.05) is 0 Å². The SMILES string of the molecule is CCOc1cc(C)c(C)c(C)c1.CCOc1ccc(OC)cc1. The molecule has 0 bridgehead atoms. The molecule has 0 aliphatic carbocycles. The molecule has 2 aromatic rings. The highest BCUT2D eigenvalue weighted by Gasteiger charge is 2.00. The molecule has 0 aliphatic heterocycles. The zero-order valence-electron chi connectivity index (χ0n) is 15.1. The highest BCUT2D eigenvalue weighted by atomic mass is 16.5. The lowest BCUT2D eigenvalue weighted by Crippen LogP contribution is -1.94. The largest absolute Gasteiger partial charge is 0.497 e. The quantitative estimate of drug-likeness (QED) is 0.767. The van der Waals surface area contributed by atoms with Crippen LogP contribution in [0, 0.1) is 20.8 Å². The third-order valence-corrected chi connectivity index (χ3v) is 3.58. The van der Waals surface area contributed by atoms with Crippen LogP contribution in [0.3, 0.4) is 0 Å². The number of hydrogen-bond donors (Lipinski definition) is 0. The van der Waals surface area contributed by atoms with E-state index in [-0.39, 0.29) is 0 Å². The lowest BCUT2D eigenvalue weighted by molar-refractivity contribution is 0.339. The van der Waals surface area contributed by atoms with Crippen LogP contribution in [0.5, 0.6) is 17.2 Å². The monoisotopic (exact) mass is 316 g/mol. The second-order valence-electron chi connectivity index (χ2n) is 5.22. The maximum Gasteiger partial charge on any atom is 0.119 e. The molecule has 3 heteroatoms. The van der Waals surface area contributed by atoms with Crippen molar-refractivity contribution >= 4 is 0 Å². The molecule has 0 aliphatic rings. The zero-order chi connectivity index (χ0) is 17.2. The fourth-order valence-electron chi connectivity index (χ4n) is 2.08. The van der Waals surface area contributed by atoms with Gasteiger partial charge in [0.25, 0.3) is 0 Å². The number of rotatable bonds is 5. The molecule has 126 valence electrons. The summed E-state index contributed by atoms with van der Waals surface area (Å²) in [5.74, 6) is 2.72. The minimum Gasteiger partial charge on any atom is -0.497 e. The summed E-state index contributed by atoms with van der Waals surface area (Å²) in [7, 11) is 1.65. The first kappa shape index (κ1) is 18.9. The van der Waals surface area contributed by atoms with Crippen LogP contribution in [0.2, 0.25) is 0 Å². The van der Waals surface area contributed by atoms with Crippen molar-refractivity contribution < 1.29 is 14.2 Å². The molecule has 0 spiro atoms. The van der Waals surface area contributed by atoms with Crippen molar-refractivity contribution in [2.75, 3.05) is 20.3 Å². The molecule has 3 nitrogen and oxygen atoms in total. The molecule has 0 saturated carbocycles. The van der Waals surface area contributed by atoms with E-state index in [1.807, 2.05) is 38.1 Å². The fraction of sp³-hybridized carbons (Fsp3) is 0.400. The van der Waals surface area contributed by atoms with E-state index in [0.29, 0.717) is 6.61 Å². The molecule has 0 fully saturated rings. The van der Waals surface area contributed by atoms with Crippen LogP contribution in [0.4, 0.5) is 0 Å². The van der Waals surface area contributed by atoms with Crippen molar-refractivity contribution in [3.63, 3.8) is 0 Å². The predicted octanol–water partition coefficient (Wildman–Crippen LogP) is 5.10. The summed E-state index contributed by atoms with van der Waals surface area (Å²) >= 11 is 0. The summed E-state index contributed by atoms with van der Waals surface area (Å²) in [6.45, 7) is 11.8. The predicted molar refractivity (Wildman–Crippen MR) is 96.0 cm³/mol. The van der Waals surface area contributed by atoms with Gasteiger partial charge < -0.3 is 14.2 Å². The molecule has 0 unspecified atom stereocenters. The Balaban J connectivity index is 0.000000231. The maximum absolute atomic E-state index is 5.42. The summed E-state index contributed by atoms with van der Waals surface area (Å²) in [5, 5.41) is 0. The Bertz CT molecular complexity index is 565. The van der Waals surface area contributed by atoms with Crippen LogP contribution in [0.1, 0.15) is 30.5 Å². The number of aryl methyl sites for hydroxylation is 2. The van der Waals surface area contributed by atoms with Crippen LogP contribution < -0.4 is 14.2 Å². The molecule has 0 atom stereocenters. The van der Waals surface area contributed by atoms with Gasteiger partial charge in [0.2, 0.25) is 0 Å². The maximum atomic E-state index is 5.42. The van der Waals surface area contributed by atoms with E-state index in [1.54, 1.807) is 7.11 Å². The summed E-state index contributed by atoms with van der Waals surface area (Å²) in [6, 6.07) is 11.7. The Hall–Kier alpha value is -2.16. The molecular weight excluding hydrogens is 288 g/mol. The standard InChI is InChI=1S/C11H16O.C9H12O2/c1-5-12-11-6-8(2)10(4)9(3)7-11;1-3-11-9-6-4-8(10-2)5-7-9/h6-7H,5H2,1-4H3;4-7H,3H2,1-2H3. The normalized spacial score (nSPS) is 9.65. The van der Waals surface area contributed by atoms with E-state index in [1.165, 1.54) is 16.7 Å². The third kappa shape index (κ3) is 6.23. The van der Waals surface area contributed by atoms with E-state index >= 15 is 0 Å². The molecular formula is C20H28O3. The van der Waals surface area contributed by atoms with Gasteiger partial charge in [-0.25, -0.2) is 0 Å². The first-order chi connectivity index (χ1) is 11.0. The molecule has 0 saturated heterocycles. The Kier molecular flexibility index (Phi) is 8.03. The van der Waals surface area contributed by atoms with Gasteiger partial charge in [0.1, 0.15) is 17.2 Å². The van der Waals surface area contributed by atoms with Gasteiger partial charge in [-0.15, -0.1) is 0 Å². The molecule has 0 amide bonds. The summed E-state index contributed by atoms with van der Waals surface area (Å²) in [4.78, 5) is 0. The van der Waals surface area contributed by atoms with Crippen molar-refractivity contribution in [1.82, 2.24) is 0 Å². The van der Waals surface area contributed by atoms with Gasteiger partial charge in [-0.2, -0.15) is 0 Å². The van der Waals surface area contributed by atoms with E-state index < -0.39 is 0 Å². The molecule has 0 heterocycles. The van der Waals surface area contributed by atoms with Gasteiger partial charge in [0.15, 0.2) is 0 Å². The molecule has 0 N–H and O–H groups in total. The molecule has 2 aromatic carbocycles. The van der Waals surface area contributed by atoms with Gasteiger partial charge in [0.05, 0.1) is 20.3 Å². The second-order valence-corrected chi connectivity index (χ2v) is 5.22. The van der Waals surface area contributed by atoms with Crippen molar-refractivity contribution in [1.29, 1.82) is 0 Å². The number of ether oxygens (including phenoxy) is 3. The van der Waals surface area contributed by atoms with Crippen LogP contribution in [0.15, 0.2) is 36.4 Å². The van der Waals surface area contributed by atoms with Gasteiger partial charge >= 0.3 is 0 Å². The number of methoxy groups -OCH3 is 1. The van der Waals surface area contributed by atoms with Gasteiger partial charge in [-0.05, 0) is 87.7 Å². The molecule has 2 rings (SSSR count). The smallest absolute Gasteiger partial charge is 0.119 e. The van der Waals surface area contributed by atoms with E-state index in [2.05, 4.69) is 32.9 Å². The van der Waals surface area contributed by atoms with Crippen LogP contribution in [0.25, 0.3) is 0 Å². The molecule has 0 radical (unpaired) electrons. The van der Waals surface area contributed by atoms with E-state index in [4.69, 9.17) is 14.2 Å². The lowest BCUT2D eigenvalue weighted by Gasteiger charge is -2.08. The second kappa shape index (κ2) is 9.78. The summed E-state index contributed by atoms with van der Waals surface area (Å²) in [5.41, 5.74) is 3.97. The highest BCUT2D eigenvalue weighted by molar-refractivity contribution is 5.40. The van der Waals surface area contributed by atoms with Crippen molar-refractivity contribution in [2.24, 2.45) is 0 Å². The van der Waals surface area contributed by atoms with Crippen LogP contribution in [-0.2, 0) is 0 Å². The summed E-state index contributed by atoms with van der Waals surface area (Å²) in [6.07, 6.45) is 0. The van der Waals surface area contributed by atoms with Crippen LogP contribution >= 0.6 is 0 Å². The van der Waals surface area contributed by atoms with Crippen molar-refractivity contribution in [2.45, 2.75) is 34.6 Å².